The number of benzene rings is 1. The minimum Gasteiger partial charge on any atom is -0.507 e. The van der Waals surface area contributed by atoms with E-state index in [0.717, 1.165) is 13.0 Å². The fourth-order valence-corrected chi connectivity index (χ4v) is 5.26. The number of nitrogens with one attached hydrogen (secondary N) is 1. The van der Waals surface area contributed by atoms with Crippen molar-refractivity contribution in [1.29, 1.82) is 0 Å². The fourth-order valence-electron chi connectivity index (χ4n) is 5.26. The second-order valence-corrected chi connectivity index (χ2v) is 10.8. The molecule has 1 aliphatic rings. The van der Waals surface area contributed by atoms with Gasteiger partial charge in [0, 0.05) is 64.2 Å². The van der Waals surface area contributed by atoms with Gasteiger partial charge in [-0.25, -0.2) is 0 Å². The minimum absolute atomic E-state index is 0.0903. The number of hydrogen-bond acceptors (Lipinski definition) is 10. The maximum absolute atomic E-state index is 13.4. The Labute approximate surface area is 223 Å². The molecule has 0 amide bonds. The number of phenols is 1. The molecule has 0 saturated carbocycles. The van der Waals surface area contributed by atoms with Crippen molar-refractivity contribution in [2.24, 2.45) is 11.8 Å². The summed E-state index contributed by atoms with van der Waals surface area (Å²) in [6, 6.07) is 1.74. The number of aliphatic hydroxyl groups excluding tert-OH is 2. The maximum Gasteiger partial charge on any atom is 0.310 e. The highest BCUT2D eigenvalue weighted by molar-refractivity contribution is 6.04. The molecule has 0 saturated heterocycles. The van der Waals surface area contributed by atoms with E-state index < -0.39 is 73.6 Å². The summed E-state index contributed by atoms with van der Waals surface area (Å²) in [6.07, 6.45) is -1.61. The Morgan fingerprint density at radius 2 is 1.89 bits per heavy atom. The molecule has 11 heteroatoms. The number of aliphatic carboxylic acids is 1. The van der Waals surface area contributed by atoms with Crippen molar-refractivity contribution in [1.82, 2.24) is 5.32 Å². The van der Waals surface area contributed by atoms with E-state index >= 15 is 0 Å². The number of aromatic hydroxyl groups is 1. The zero-order chi connectivity index (χ0) is 28.8. The highest BCUT2D eigenvalue weighted by atomic mass is 16.4. The number of hydrogen-bond donors (Lipinski definition) is 7. The van der Waals surface area contributed by atoms with Gasteiger partial charge in [-0.3, -0.25) is 14.4 Å². The van der Waals surface area contributed by atoms with E-state index in [4.69, 9.17) is 5.11 Å². The number of ketones is 2. The number of rotatable bonds is 15. The van der Waals surface area contributed by atoms with Crippen molar-refractivity contribution in [2.75, 3.05) is 38.8 Å². The Hall–Kier alpha value is -2.57. The van der Waals surface area contributed by atoms with Crippen LogP contribution in [0.2, 0.25) is 0 Å². The molecule has 7 N–H and O–H groups in total. The molecule has 38 heavy (non-hydrogen) atoms. The molecule has 4 unspecified atom stereocenters. The van der Waals surface area contributed by atoms with E-state index in [1.807, 2.05) is 0 Å². The molecule has 1 aliphatic carbocycles. The van der Waals surface area contributed by atoms with Gasteiger partial charge >= 0.3 is 5.97 Å². The Morgan fingerprint density at radius 1 is 1.24 bits per heavy atom. The van der Waals surface area contributed by atoms with Crippen molar-refractivity contribution >= 4 is 23.2 Å². The predicted molar refractivity (Wildman–Crippen MR) is 140 cm³/mol. The average Bonchev–Trinajstić information content (AvgIpc) is 2.79. The van der Waals surface area contributed by atoms with Crippen LogP contribution < -0.4 is 10.2 Å². The number of aliphatic hydroxyl groups is 4. The van der Waals surface area contributed by atoms with Crippen molar-refractivity contribution in [3.8, 4) is 5.75 Å². The van der Waals surface area contributed by atoms with E-state index in [9.17, 15) is 39.9 Å². The summed E-state index contributed by atoms with van der Waals surface area (Å²) in [5, 5.41) is 65.7. The molecule has 0 radical (unpaired) electrons. The Bertz CT molecular complexity index is 1030. The lowest BCUT2D eigenvalue weighted by molar-refractivity contribution is -0.151. The molecule has 214 valence electrons. The third-order valence-electron chi connectivity index (χ3n) is 7.45. The van der Waals surface area contributed by atoms with Gasteiger partial charge in [0.15, 0.2) is 11.6 Å². The number of anilines is 1. The van der Waals surface area contributed by atoms with Gasteiger partial charge in [0.2, 0.25) is 0 Å². The number of carbonyl (C=O) groups is 3. The van der Waals surface area contributed by atoms with E-state index in [-0.39, 0.29) is 17.7 Å². The van der Waals surface area contributed by atoms with Crippen LogP contribution in [0.15, 0.2) is 6.07 Å². The highest BCUT2D eigenvalue weighted by Gasteiger charge is 2.50. The molecule has 2 rings (SSSR count). The normalized spacial score (nSPS) is 20.4. The second kappa shape index (κ2) is 13.0. The van der Waals surface area contributed by atoms with Crippen LogP contribution in [0.1, 0.15) is 67.4 Å². The molecule has 1 aromatic rings. The van der Waals surface area contributed by atoms with Crippen LogP contribution in [-0.4, -0.2) is 93.2 Å². The van der Waals surface area contributed by atoms with Crippen LogP contribution in [0.25, 0.3) is 0 Å². The number of nitrogens with zero attached hydrogens (tertiary/aromatic N) is 1. The first-order chi connectivity index (χ1) is 17.7. The number of carbonyl (C=O) groups excluding carboxylic acids is 2. The number of phenolic OH excluding ortho intramolecular Hbond substituents is 1. The maximum atomic E-state index is 13.4. The third kappa shape index (κ3) is 7.29. The standard InChI is InChI=1S/C27H42N2O9/c1-5-16(2)12-28-13-17-8-20(29(3)4)18-10-26(37,11-22(33)24(18)25(17)36)15-27(38,6-7-30)19(14-31)21(32)9-23(34)35/h8,16,19,28,30-31,36-38H,5-7,9-15H2,1-4H3,(H,34,35). The molecule has 0 aromatic heterocycles. The second-order valence-electron chi connectivity index (χ2n) is 10.8. The molecular weight excluding hydrogens is 496 g/mol. The van der Waals surface area contributed by atoms with Gasteiger partial charge in [-0.2, -0.15) is 0 Å². The summed E-state index contributed by atoms with van der Waals surface area (Å²) < 4.78 is 0. The van der Waals surface area contributed by atoms with Crippen LogP contribution >= 0.6 is 0 Å². The SMILES string of the molecule is CCC(C)CNCc1cc(N(C)C)c2c(c1O)C(=O)CC(O)(CC(O)(CCO)C(CO)C(=O)CC(=O)O)C2. The van der Waals surface area contributed by atoms with Gasteiger partial charge in [-0.15, -0.1) is 0 Å². The van der Waals surface area contributed by atoms with E-state index in [1.165, 1.54) is 0 Å². The van der Waals surface area contributed by atoms with E-state index in [0.29, 0.717) is 29.3 Å². The monoisotopic (exact) mass is 538 g/mol. The van der Waals surface area contributed by atoms with Crippen molar-refractivity contribution in [3.05, 3.63) is 22.8 Å². The highest BCUT2D eigenvalue weighted by Crippen LogP contribution is 2.45. The molecule has 0 aliphatic heterocycles. The molecule has 0 bridgehead atoms. The number of fused-ring (bicyclic) bond motifs is 1. The van der Waals surface area contributed by atoms with Gasteiger partial charge in [0.25, 0.3) is 0 Å². The first-order valence-corrected chi connectivity index (χ1v) is 12.9. The molecule has 0 fully saturated rings. The summed E-state index contributed by atoms with van der Waals surface area (Å²) in [4.78, 5) is 38.7. The van der Waals surface area contributed by atoms with Gasteiger partial charge in [0.1, 0.15) is 12.2 Å². The van der Waals surface area contributed by atoms with E-state index in [1.54, 1.807) is 25.1 Å². The van der Waals surface area contributed by atoms with Crippen LogP contribution in [0.4, 0.5) is 5.69 Å². The van der Waals surface area contributed by atoms with Crippen LogP contribution in [0, 0.1) is 11.8 Å². The summed E-state index contributed by atoms with van der Waals surface area (Å²) in [6.45, 7) is 3.74. The fraction of sp³-hybridized carbons (Fsp3) is 0.667. The summed E-state index contributed by atoms with van der Waals surface area (Å²) in [5.74, 6) is -4.29. The Balaban J connectivity index is 2.47. The third-order valence-corrected chi connectivity index (χ3v) is 7.45. The lowest BCUT2D eigenvalue weighted by Crippen LogP contribution is -2.53. The van der Waals surface area contributed by atoms with Crippen LogP contribution in [0.5, 0.6) is 5.75 Å². The lowest BCUT2D eigenvalue weighted by Gasteiger charge is -2.43. The molecule has 4 atom stereocenters. The minimum atomic E-state index is -2.18. The van der Waals surface area contributed by atoms with Crippen molar-refractivity contribution in [3.63, 3.8) is 0 Å². The van der Waals surface area contributed by atoms with E-state index in [2.05, 4.69) is 19.2 Å². The van der Waals surface area contributed by atoms with Gasteiger partial charge in [-0.05, 0) is 24.1 Å². The topological polar surface area (TPSA) is 188 Å². The van der Waals surface area contributed by atoms with Crippen LogP contribution in [0.3, 0.4) is 0 Å². The van der Waals surface area contributed by atoms with Crippen molar-refractivity contribution in [2.45, 2.75) is 70.1 Å². The molecule has 11 nitrogen and oxygen atoms in total. The average molecular weight is 539 g/mol. The largest absolute Gasteiger partial charge is 0.507 e. The number of Topliss-reactive ketones (excluding diaryl/α,β-unsaturated/α-hetero) is 2. The first-order valence-electron chi connectivity index (χ1n) is 12.9. The zero-order valence-corrected chi connectivity index (χ0v) is 22.7. The quantitative estimate of drug-likeness (QED) is 0.155. The van der Waals surface area contributed by atoms with Gasteiger partial charge < -0.3 is 40.9 Å². The Kier molecular flexibility index (Phi) is 10.8. The summed E-state index contributed by atoms with van der Waals surface area (Å²) in [5.41, 5.74) is -2.48. The van der Waals surface area contributed by atoms with Gasteiger partial charge in [0.05, 0.1) is 29.3 Å². The van der Waals surface area contributed by atoms with Crippen LogP contribution in [-0.2, 0) is 22.6 Å². The molecule has 0 spiro atoms. The smallest absolute Gasteiger partial charge is 0.310 e. The number of carboxylic acids is 1. The zero-order valence-electron chi connectivity index (χ0n) is 22.7. The summed E-state index contributed by atoms with van der Waals surface area (Å²) >= 11 is 0. The first kappa shape index (κ1) is 31.6. The predicted octanol–water partition coefficient (Wildman–Crippen LogP) is 0.610. The lowest BCUT2D eigenvalue weighted by atomic mass is 9.68. The Morgan fingerprint density at radius 3 is 2.42 bits per heavy atom. The molecule has 0 heterocycles. The molecule has 1 aromatic carbocycles. The van der Waals surface area contributed by atoms with Crippen molar-refractivity contribution < 1.29 is 45.0 Å². The summed E-state index contributed by atoms with van der Waals surface area (Å²) in [7, 11) is 3.52. The van der Waals surface area contributed by atoms with Gasteiger partial charge in [-0.1, -0.05) is 20.3 Å². The number of carboxylic acid groups (broad SMARTS) is 1. The molecular formula is C27H42N2O9.